The predicted molar refractivity (Wildman–Crippen MR) is 113 cm³/mol. The van der Waals surface area contributed by atoms with E-state index in [1.54, 1.807) is 48.0 Å². The second kappa shape index (κ2) is 9.66. The van der Waals surface area contributed by atoms with Gasteiger partial charge in [0.1, 0.15) is 0 Å². The van der Waals surface area contributed by atoms with Crippen LogP contribution >= 0.6 is 23.1 Å². The number of Topliss-reactive ketones (excluding diaryl/α,β-unsaturated/α-hetero) is 1. The number of nitrogens with zero attached hydrogens (tertiary/aromatic N) is 1. The Balaban J connectivity index is 1.67. The zero-order chi connectivity index (χ0) is 19.9. The van der Waals surface area contributed by atoms with Crippen LogP contribution in [0.2, 0.25) is 0 Å². The van der Waals surface area contributed by atoms with E-state index in [1.165, 1.54) is 11.8 Å². The Labute approximate surface area is 173 Å². The molecule has 1 aromatic heterocycles. The summed E-state index contributed by atoms with van der Waals surface area (Å²) in [6.45, 7) is 3.67. The van der Waals surface area contributed by atoms with Crippen LogP contribution in [0.5, 0.6) is 0 Å². The Hall–Kier alpha value is -2.44. The minimum absolute atomic E-state index is 0.205. The second-order valence-corrected chi connectivity index (χ2v) is 7.96. The maximum Gasteiger partial charge on any atom is 0.339 e. The first-order chi connectivity index (χ1) is 13.6. The van der Waals surface area contributed by atoms with Gasteiger partial charge in [0, 0.05) is 21.6 Å². The SMILES string of the molecule is CCc1ccc(C(=O)C(C)OC(=O)c2ccccc2SCc2cscn2)cc1. The van der Waals surface area contributed by atoms with Crippen molar-refractivity contribution in [1.29, 1.82) is 0 Å². The zero-order valence-electron chi connectivity index (χ0n) is 15.8. The van der Waals surface area contributed by atoms with Crippen LogP contribution in [0, 0.1) is 0 Å². The molecule has 0 aliphatic heterocycles. The summed E-state index contributed by atoms with van der Waals surface area (Å²) < 4.78 is 5.47. The first kappa shape index (κ1) is 20.3. The normalized spacial score (nSPS) is 11.8. The Morgan fingerprint density at radius 2 is 1.89 bits per heavy atom. The molecule has 144 valence electrons. The number of thioether (sulfide) groups is 1. The van der Waals surface area contributed by atoms with Gasteiger partial charge >= 0.3 is 5.97 Å². The third kappa shape index (κ3) is 5.09. The standard InChI is InChI=1S/C22H21NO3S2/c1-3-16-8-10-17(11-9-16)21(24)15(2)26-22(25)19-6-4-5-7-20(19)28-13-18-12-27-14-23-18/h4-12,14-15H,3,13H2,1-2H3. The molecular weight excluding hydrogens is 390 g/mol. The number of benzene rings is 2. The molecule has 0 N–H and O–H groups in total. The monoisotopic (exact) mass is 411 g/mol. The number of carbonyl (C=O) groups excluding carboxylic acids is 2. The summed E-state index contributed by atoms with van der Waals surface area (Å²) in [5.41, 5.74) is 4.92. The third-order valence-electron chi connectivity index (χ3n) is 4.27. The van der Waals surface area contributed by atoms with Crippen molar-refractivity contribution < 1.29 is 14.3 Å². The van der Waals surface area contributed by atoms with Crippen molar-refractivity contribution in [2.75, 3.05) is 0 Å². The maximum atomic E-state index is 12.7. The molecule has 0 saturated heterocycles. The number of aromatic nitrogens is 1. The Morgan fingerprint density at radius 1 is 1.14 bits per heavy atom. The zero-order valence-corrected chi connectivity index (χ0v) is 17.4. The highest BCUT2D eigenvalue weighted by Gasteiger charge is 2.22. The average Bonchev–Trinajstić information content (AvgIpc) is 3.25. The molecule has 0 aliphatic rings. The van der Waals surface area contributed by atoms with E-state index in [4.69, 9.17) is 4.74 Å². The van der Waals surface area contributed by atoms with Crippen molar-refractivity contribution in [3.63, 3.8) is 0 Å². The molecule has 1 unspecified atom stereocenters. The van der Waals surface area contributed by atoms with Crippen LogP contribution in [-0.2, 0) is 16.9 Å². The molecule has 6 heteroatoms. The number of rotatable bonds is 8. The van der Waals surface area contributed by atoms with Crippen LogP contribution < -0.4 is 0 Å². The van der Waals surface area contributed by atoms with E-state index in [0.717, 1.165) is 22.6 Å². The van der Waals surface area contributed by atoms with Crippen molar-refractivity contribution in [2.24, 2.45) is 0 Å². The number of esters is 1. The third-order valence-corrected chi connectivity index (χ3v) is 6.01. The molecule has 0 radical (unpaired) electrons. The largest absolute Gasteiger partial charge is 0.451 e. The molecule has 0 saturated carbocycles. The van der Waals surface area contributed by atoms with E-state index in [9.17, 15) is 9.59 Å². The van der Waals surface area contributed by atoms with Gasteiger partial charge in [-0.3, -0.25) is 4.79 Å². The molecular formula is C22H21NO3S2. The summed E-state index contributed by atoms with van der Waals surface area (Å²) in [4.78, 5) is 30.3. The van der Waals surface area contributed by atoms with Gasteiger partial charge in [0.05, 0.1) is 16.8 Å². The number of thiazole rings is 1. The van der Waals surface area contributed by atoms with Crippen LogP contribution in [0.1, 0.15) is 45.8 Å². The van der Waals surface area contributed by atoms with Gasteiger partial charge in [-0.2, -0.15) is 0 Å². The highest BCUT2D eigenvalue weighted by Crippen LogP contribution is 2.27. The molecule has 3 rings (SSSR count). The molecule has 0 amide bonds. The van der Waals surface area contributed by atoms with E-state index < -0.39 is 12.1 Å². The summed E-state index contributed by atoms with van der Waals surface area (Å²) >= 11 is 3.07. The number of hydrogen-bond donors (Lipinski definition) is 0. The first-order valence-corrected chi connectivity index (χ1v) is 10.9. The number of carbonyl (C=O) groups is 2. The lowest BCUT2D eigenvalue weighted by atomic mass is 10.0. The lowest BCUT2D eigenvalue weighted by Crippen LogP contribution is -2.24. The molecule has 0 fully saturated rings. The molecule has 0 aliphatic carbocycles. The predicted octanol–water partition coefficient (Wildman–Crippen LogP) is 5.43. The number of aryl methyl sites for hydroxylation is 1. The number of ketones is 1. The Bertz CT molecular complexity index is 937. The van der Waals surface area contributed by atoms with Gasteiger partial charge in [-0.25, -0.2) is 9.78 Å². The van der Waals surface area contributed by atoms with Crippen LogP contribution in [0.25, 0.3) is 0 Å². The number of ether oxygens (including phenoxy) is 1. The maximum absolute atomic E-state index is 12.7. The lowest BCUT2D eigenvalue weighted by molar-refractivity contribution is 0.0315. The van der Waals surface area contributed by atoms with Gasteiger partial charge < -0.3 is 4.74 Å². The van der Waals surface area contributed by atoms with Gasteiger partial charge in [0.15, 0.2) is 6.10 Å². The molecule has 28 heavy (non-hydrogen) atoms. The highest BCUT2D eigenvalue weighted by atomic mass is 32.2. The fourth-order valence-corrected chi connectivity index (χ4v) is 4.25. The fraction of sp³-hybridized carbons (Fsp3) is 0.227. The lowest BCUT2D eigenvalue weighted by Gasteiger charge is -2.14. The summed E-state index contributed by atoms with van der Waals surface area (Å²) in [7, 11) is 0. The minimum Gasteiger partial charge on any atom is -0.451 e. The van der Waals surface area contributed by atoms with E-state index in [-0.39, 0.29) is 5.78 Å². The summed E-state index contributed by atoms with van der Waals surface area (Å²) in [6, 6.07) is 14.7. The second-order valence-electron chi connectivity index (χ2n) is 6.23. The van der Waals surface area contributed by atoms with Gasteiger partial charge in [0.2, 0.25) is 5.78 Å². The van der Waals surface area contributed by atoms with Crippen LogP contribution in [0.3, 0.4) is 0 Å². The molecule has 1 heterocycles. The van der Waals surface area contributed by atoms with Gasteiger partial charge in [-0.1, -0.05) is 43.3 Å². The van der Waals surface area contributed by atoms with E-state index in [0.29, 0.717) is 16.9 Å². The fourth-order valence-electron chi connectivity index (χ4n) is 2.64. The van der Waals surface area contributed by atoms with Crippen molar-refractivity contribution in [2.45, 2.75) is 37.0 Å². The number of hydrogen-bond acceptors (Lipinski definition) is 6. The van der Waals surface area contributed by atoms with E-state index >= 15 is 0 Å². The van der Waals surface area contributed by atoms with Crippen molar-refractivity contribution in [3.05, 3.63) is 81.8 Å². The summed E-state index contributed by atoms with van der Waals surface area (Å²) in [5, 5.41) is 1.98. The smallest absolute Gasteiger partial charge is 0.339 e. The highest BCUT2D eigenvalue weighted by molar-refractivity contribution is 7.98. The Morgan fingerprint density at radius 3 is 2.57 bits per heavy atom. The molecule has 4 nitrogen and oxygen atoms in total. The van der Waals surface area contributed by atoms with Gasteiger partial charge in [0.25, 0.3) is 0 Å². The topological polar surface area (TPSA) is 56.3 Å². The molecule has 0 spiro atoms. The Kier molecular flexibility index (Phi) is 7.01. The van der Waals surface area contributed by atoms with Crippen molar-refractivity contribution in [1.82, 2.24) is 4.98 Å². The average molecular weight is 412 g/mol. The summed E-state index contributed by atoms with van der Waals surface area (Å²) in [5.74, 6) is -0.0255. The van der Waals surface area contributed by atoms with Crippen molar-refractivity contribution >= 4 is 34.9 Å². The van der Waals surface area contributed by atoms with Crippen LogP contribution in [0.4, 0.5) is 0 Å². The first-order valence-electron chi connectivity index (χ1n) is 9.01. The molecule has 3 aromatic rings. The van der Waals surface area contributed by atoms with Crippen LogP contribution in [-0.4, -0.2) is 22.8 Å². The molecule has 0 bridgehead atoms. The molecule has 2 aromatic carbocycles. The van der Waals surface area contributed by atoms with Crippen molar-refractivity contribution in [3.8, 4) is 0 Å². The van der Waals surface area contributed by atoms with Gasteiger partial charge in [-0.05, 0) is 31.0 Å². The minimum atomic E-state index is -0.850. The summed E-state index contributed by atoms with van der Waals surface area (Å²) in [6.07, 6.45) is 0.0607. The van der Waals surface area contributed by atoms with E-state index in [1.807, 2.05) is 29.6 Å². The molecule has 1 atom stereocenters. The van der Waals surface area contributed by atoms with Crippen LogP contribution in [0.15, 0.2) is 64.3 Å². The van der Waals surface area contributed by atoms with E-state index in [2.05, 4.69) is 11.9 Å². The quantitative estimate of drug-likeness (QED) is 0.281. The van der Waals surface area contributed by atoms with Gasteiger partial charge in [-0.15, -0.1) is 23.1 Å².